The lowest BCUT2D eigenvalue weighted by atomic mass is 10.2. The number of carbonyl (C=O) groups is 1. The van der Waals surface area contributed by atoms with Gasteiger partial charge in [0.2, 0.25) is 5.91 Å². The van der Waals surface area contributed by atoms with Crippen LogP contribution in [0.15, 0.2) is 23.4 Å². The third kappa shape index (κ3) is 5.49. The molecule has 0 saturated carbocycles. The zero-order valence-electron chi connectivity index (χ0n) is 17.9. The van der Waals surface area contributed by atoms with Crippen molar-refractivity contribution in [2.75, 3.05) is 32.7 Å². The maximum absolute atomic E-state index is 13.0. The molecule has 164 valence electrons. The number of aromatic nitrogens is 3. The summed E-state index contributed by atoms with van der Waals surface area (Å²) in [7, 11) is 0. The number of halogens is 2. The Morgan fingerprint density at radius 3 is 2.43 bits per heavy atom. The lowest BCUT2D eigenvalue weighted by molar-refractivity contribution is -0.132. The fourth-order valence-corrected chi connectivity index (χ4v) is 4.96. The molecule has 1 fully saturated rings. The van der Waals surface area contributed by atoms with Crippen LogP contribution in [-0.2, 0) is 11.3 Å². The van der Waals surface area contributed by atoms with E-state index in [4.69, 9.17) is 23.2 Å². The average Bonchev–Trinajstić information content (AvgIpc) is 3.08. The van der Waals surface area contributed by atoms with Gasteiger partial charge in [-0.2, -0.15) is 0 Å². The van der Waals surface area contributed by atoms with E-state index in [0.29, 0.717) is 21.8 Å². The highest BCUT2D eigenvalue weighted by Crippen LogP contribution is 2.33. The number of nitrogens with zero attached hydrogens (tertiary/aromatic N) is 5. The zero-order valence-corrected chi connectivity index (χ0v) is 20.3. The SMILES string of the molecule is CCN1CCN(C(=O)[C@H](C)Sc2nnc(-c3ccc(Cl)cc3Cl)n2CC(C)C)CC1. The molecule has 2 aromatic rings. The van der Waals surface area contributed by atoms with E-state index in [0.717, 1.165) is 50.0 Å². The molecule has 1 aliphatic rings. The second-order valence-electron chi connectivity index (χ2n) is 7.95. The topological polar surface area (TPSA) is 54.3 Å². The average molecular weight is 470 g/mol. The van der Waals surface area contributed by atoms with Gasteiger partial charge in [0.1, 0.15) is 0 Å². The Labute approximate surface area is 192 Å². The first kappa shape index (κ1) is 23.4. The van der Waals surface area contributed by atoms with Crippen LogP contribution in [-0.4, -0.2) is 68.4 Å². The normalized spacial score (nSPS) is 16.3. The Balaban J connectivity index is 1.80. The second kappa shape index (κ2) is 10.4. The van der Waals surface area contributed by atoms with Crippen molar-refractivity contribution in [3.05, 3.63) is 28.2 Å². The molecule has 9 heteroatoms. The van der Waals surface area contributed by atoms with Crippen LogP contribution in [0.4, 0.5) is 0 Å². The van der Waals surface area contributed by atoms with Gasteiger partial charge in [0, 0.05) is 43.3 Å². The van der Waals surface area contributed by atoms with E-state index in [1.54, 1.807) is 12.1 Å². The Bertz CT molecular complexity index is 880. The van der Waals surface area contributed by atoms with E-state index in [1.165, 1.54) is 11.8 Å². The van der Waals surface area contributed by atoms with Crippen molar-refractivity contribution in [1.29, 1.82) is 0 Å². The minimum atomic E-state index is -0.234. The first-order chi connectivity index (χ1) is 14.3. The van der Waals surface area contributed by atoms with Crippen molar-refractivity contribution < 1.29 is 4.79 Å². The standard InChI is InChI=1S/C21H29Cl2N5OS/c1-5-26-8-10-27(11-9-26)20(29)15(4)30-21-25-24-19(28(21)13-14(2)3)17-7-6-16(22)12-18(17)23/h6-7,12,14-15H,5,8-11,13H2,1-4H3/t15-/m0/s1. The maximum atomic E-state index is 13.0. The van der Waals surface area contributed by atoms with E-state index in [2.05, 4.69) is 40.4 Å². The van der Waals surface area contributed by atoms with Gasteiger partial charge in [-0.05, 0) is 37.6 Å². The van der Waals surface area contributed by atoms with Crippen LogP contribution in [0.2, 0.25) is 10.0 Å². The third-order valence-corrected chi connectivity index (χ3v) is 6.81. The highest BCUT2D eigenvalue weighted by atomic mass is 35.5. The van der Waals surface area contributed by atoms with Crippen molar-refractivity contribution >= 4 is 40.9 Å². The van der Waals surface area contributed by atoms with Gasteiger partial charge in [-0.1, -0.05) is 55.7 Å². The molecule has 1 atom stereocenters. The number of thioether (sulfide) groups is 1. The third-order valence-electron chi connectivity index (χ3n) is 5.20. The van der Waals surface area contributed by atoms with E-state index < -0.39 is 0 Å². The van der Waals surface area contributed by atoms with Crippen molar-refractivity contribution in [1.82, 2.24) is 24.6 Å². The summed E-state index contributed by atoms with van der Waals surface area (Å²) in [6.07, 6.45) is 0. The number of likely N-dealkylation sites (N-methyl/N-ethyl adjacent to an activating group) is 1. The summed E-state index contributed by atoms with van der Waals surface area (Å²) in [5.41, 5.74) is 0.788. The number of amides is 1. The number of benzene rings is 1. The molecular weight excluding hydrogens is 441 g/mol. The summed E-state index contributed by atoms with van der Waals surface area (Å²) in [5.74, 6) is 1.24. The summed E-state index contributed by atoms with van der Waals surface area (Å²) in [6.45, 7) is 13.6. The van der Waals surface area contributed by atoms with Crippen LogP contribution in [0.3, 0.4) is 0 Å². The number of hydrogen-bond acceptors (Lipinski definition) is 5. The van der Waals surface area contributed by atoms with Crippen LogP contribution in [0.1, 0.15) is 27.7 Å². The maximum Gasteiger partial charge on any atom is 0.235 e. The molecule has 30 heavy (non-hydrogen) atoms. The molecule has 1 aromatic carbocycles. The highest BCUT2D eigenvalue weighted by Gasteiger charge is 2.27. The summed E-state index contributed by atoms with van der Waals surface area (Å²) in [6, 6.07) is 5.37. The molecule has 0 spiro atoms. The number of carbonyl (C=O) groups excluding carboxylic acids is 1. The van der Waals surface area contributed by atoms with E-state index in [1.807, 2.05) is 17.9 Å². The Morgan fingerprint density at radius 2 is 1.83 bits per heavy atom. The Hall–Kier alpha value is -1.28. The van der Waals surface area contributed by atoms with Gasteiger partial charge < -0.3 is 14.4 Å². The number of rotatable bonds is 7. The molecule has 1 aromatic heterocycles. The Kier molecular flexibility index (Phi) is 8.07. The van der Waals surface area contributed by atoms with Crippen LogP contribution < -0.4 is 0 Å². The number of piperazine rings is 1. The van der Waals surface area contributed by atoms with Gasteiger partial charge in [0.05, 0.1) is 10.3 Å². The fraction of sp³-hybridized carbons (Fsp3) is 0.571. The van der Waals surface area contributed by atoms with E-state index in [-0.39, 0.29) is 11.2 Å². The Morgan fingerprint density at radius 1 is 1.13 bits per heavy atom. The predicted octanol–water partition coefficient (Wildman–Crippen LogP) is 4.55. The molecular formula is C21H29Cl2N5OS. The van der Waals surface area contributed by atoms with Gasteiger partial charge in [-0.3, -0.25) is 4.79 Å². The van der Waals surface area contributed by atoms with Crippen LogP contribution in [0, 0.1) is 5.92 Å². The smallest absolute Gasteiger partial charge is 0.235 e. The largest absolute Gasteiger partial charge is 0.339 e. The lowest BCUT2D eigenvalue weighted by Gasteiger charge is -2.35. The van der Waals surface area contributed by atoms with Crippen LogP contribution in [0.5, 0.6) is 0 Å². The van der Waals surface area contributed by atoms with Gasteiger partial charge in [0.15, 0.2) is 11.0 Å². The summed E-state index contributed by atoms with van der Waals surface area (Å²) in [5, 5.41) is 10.4. The van der Waals surface area contributed by atoms with Crippen molar-refractivity contribution in [3.63, 3.8) is 0 Å². The van der Waals surface area contributed by atoms with Crippen LogP contribution >= 0.6 is 35.0 Å². The molecule has 1 aliphatic heterocycles. The van der Waals surface area contributed by atoms with Crippen molar-refractivity contribution in [3.8, 4) is 11.4 Å². The first-order valence-electron chi connectivity index (χ1n) is 10.4. The van der Waals surface area contributed by atoms with E-state index in [9.17, 15) is 4.79 Å². The first-order valence-corrected chi connectivity index (χ1v) is 12.0. The molecule has 6 nitrogen and oxygen atoms in total. The summed E-state index contributed by atoms with van der Waals surface area (Å²) in [4.78, 5) is 17.3. The summed E-state index contributed by atoms with van der Waals surface area (Å²) < 4.78 is 2.06. The predicted molar refractivity (Wildman–Crippen MR) is 124 cm³/mol. The van der Waals surface area contributed by atoms with Crippen molar-refractivity contribution in [2.24, 2.45) is 5.92 Å². The lowest BCUT2D eigenvalue weighted by Crippen LogP contribution is -2.50. The minimum absolute atomic E-state index is 0.154. The molecule has 0 unspecified atom stereocenters. The molecule has 3 rings (SSSR count). The second-order valence-corrected chi connectivity index (χ2v) is 10.1. The van der Waals surface area contributed by atoms with Gasteiger partial charge in [0.25, 0.3) is 0 Å². The molecule has 0 N–H and O–H groups in total. The fourth-order valence-electron chi connectivity index (χ4n) is 3.53. The zero-order chi connectivity index (χ0) is 21.8. The molecule has 0 radical (unpaired) electrons. The molecule has 1 saturated heterocycles. The quantitative estimate of drug-likeness (QED) is 0.556. The molecule has 0 bridgehead atoms. The van der Waals surface area contributed by atoms with Crippen molar-refractivity contribution in [2.45, 2.75) is 44.6 Å². The van der Waals surface area contributed by atoms with Crippen LogP contribution in [0.25, 0.3) is 11.4 Å². The molecule has 1 amide bonds. The minimum Gasteiger partial charge on any atom is -0.339 e. The molecule has 0 aliphatic carbocycles. The van der Waals surface area contributed by atoms with Gasteiger partial charge in [-0.25, -0.2) is 0 Å². The highest BCUT2D eigenvalue weighted by molar-refractivity contribution is 8.00. The van der Waals surface area contributed by atoms with Gasteiger partial charge >= 0.3 is 0 Å². The summed E-state index contributed by atoms with van der Waals surface area (Å²) >= 11 is 13.9. The van der Waals surface area contributed by atoms with E-state index >= 15 is 0 Å². The number of hydrogen-bond donors (Lipinski definition) is 0. The monoisotopic (exact) mass is 469 g/mol. The molecule has 2 heterocycles. The van der Waals surface area contributed by atoms with Gasteiger partial charge in [-0.15, -0.1) is 10.2 Å².